The normalized spacial score (nSPS) is 20.3. The average Bonchev–Trinajstić information content (AvgIpc) is 2.99. The molecule has 1 aliphatic rings. The molecule has 0 aromatic heterocycles. The van der Waals surface area contributed by atoms with E-state index in [-0.39, 0.29) is 0 Å². The molecule has 0 bridgehead atoms. The van der Waals surface area contributed by atoms with E-state index in [0.717, 1.165) is 18.8 Å². The summed E-state index contributed by atoms with van der Waals surface area (Å²) in [7, 11) is 1.69. The fourth-order valence-corrected chi connectivity index (χ4v) is 3.46. The molecule has 0 amide bonds. The summed E-state index contributed by atoms with van der Waals surface area (Å²) in [6.07, 6.45) is 2.47. The predicted octanol–water partition coefficient (Wildman–Crippen LogP) is 2.81. The molecule has 1 aliphatic heterocycles. The van der Waals surface area contributed by atoms with Crippen molar-refractivity contribution >= 4 is 0 Å². The lowest BCUT2D eigenvalue weighted by molar-refractivity contribution is 0.146. The Bertz CT molecular complexity index is 490. The van der Waals surface area contributed by atoms with Gasteiger partial charge in [0.25, 0.3) is 0 Å². The lowest BCUT2D eigenvalue weighted by Crippen LogP contribution is -2.37. The number of likely N-dealkylation sites (tertiary alicyclic amines) is 1. The van der Waals surface area contributed by atoms with Crippen molar-refractivity contribution < 1.29 is 9.47 Å². The molecule has 1 unspecified atom stereocenters. The van der Waals surface area contributed by atoms with E-state index < -0.39 is 0 Å². The first kappa shape index (κ1) is 17.3. The average molecular weight is 306 g/mol. The van der Waals surface area contributed by atoms with Crippen LogP contribution >= 0.6 is 0 Å². The zero-order valence-corrected chi connectivity index (χ0v) is 14.4. The number of ether oxygens (including phenoxy) is 2. The van der Waals surface area contributed by atoms with E-state index in [4.69, 9.17) is 15.2 Å². The van der Waals surface area contributed by atoms with Crippen molar-refractivity contribution in [1.82, 2.24) is 4.90 Å². The van der Waals surface area contributed by atoms with E-state index >= 15 is 0 Å². The third-order valence-electron chi connectivity index (χ3n) is 4.97. The largest absolute Gasteiger partial charge is 0.491 e. The maximum atomic E-state index is 5.93. The molecule has 2 N–H and O–H groups in total. The molecule has 2 rings (SSSR count). The van der Waals surface area contributed by atoms with Crippen LogP contribution < -0.4 is 10.5 Å². The van der Waals surface area contributed by atoms with E-state index in [1.165, 1.54) is 29.5 Å². The summed E-state index contributed by atoms with van der Waals surface area (Å²) in [6.45, 7) is 9.72. The summed E-state index contributed by atoms with van der Waals surface area (Å²) < 4.78 is 10.8. The van der Waals surface area contributed by atoms with Crippen molar-refractivity contribution in [2.45, 2.75) is 45.7 Å². The smallest absolute Gasteiger partial charge is 0.122 e. The number of rotatable bonds is 7. The number of nitrogens with two attached hydrogens (primary N) is 1. The Morgan fingerprint density at radius 2 is 2.05 bits per heavy atom. The van der Waals surface area contributed by atoms with Crippen LogP contribution in [0.3, 0.4) is 0 Å². The van der Waals surface area contributed by atoms with Crippen LogP contribution in [0.25, 0.3) is 0 Å². The van der Waals surface area contributed by atoms with E-state index in [1.54, 1.807) is 7.11 Å². The summed E-state index contributed by atoms with van der Waals surface area (Å²) >= 11 is 0. The summed E-state index contributed by atoms with van der Waals surface area (Å²) in [5, 5.41) is 0. The first-order chi connectivity index (χ1) is 10.6. The van der Waals surface area contributed by atoms with Gasteiger partial charge in [-0.05, 0) is 62.9 Å². The minimum atomic E-state index is 0.405. The zero-order chi connectivity index (χ0) is 16.1. The first-order valence-corrected chi connectivity index (χ1v) is 8.27. The molecule has 4 nitrogen and oxygen atoms in total. The van der Waals surface area contributed by atoms with Gasteiger partial charge in [0.05, 0.1) is 6.61 Å². The van der Waals surface area contributed by atoms with Crippen LogP contribution in [0.2, 0.25) is 0 Å². The molecule has 1 saturated heterocycles. The third-order valence-corrected chi connectivity index (χ3v) is 4.97. The van der Waals surface area contributed by atoms with Crippen molar-refractivity contribution in [3.63, 3.8) is 0 Å². The molecular weight excluding hydrogens is 276 g/mol. The maximum Gasteiger partial charge on any atom is 0.122 e. The highest BCUT2D eigenvalue weighted by Crippen LogP contribution is 2.34. The van der Waals surface area contributed by atoms with Gasteiger partial charge in [0.1, 0.15) is 12.4 Å². The van der Waals surface area contributed by atoms with Gasteiger partial charge in [0, 0.05) is 25.7 Å². The highest BCUT2D eigenvalue weighted by molar-refractivity contribution is 5.44. The summed E-state index contributed by atoms with van der Waals surface area (Å²) in [4.78, 5) is 2.55. The maximum absolute atomic E-state index is 5.93. The number of benzene rings is 1. The Morgan fingerprint density at radius 1 is 1.27 bits per heavy atom. The Labute approximate surface area is 134 Å². The Morgan fingerprint density at radius 3 is 2.73 bits per heavy atom. The first-order valence-electron chi connectivity index (χ1n) is 8.27. The van der Waals surface area contributed by atoms with Crippen LogP contribution in [0.5, 0.6) is 5.75 Å². The van der Waals surface area contributed by atoms with Gasteiger partial charge in [-0.25, -0.2) is 0 Å². The number of nitrogens with zero attached hydrogens (tertiary/aromatic N) is 1. The van der Waals surface area contributed by atoms with Crippen LogP contribution in [0.1, 0.15) is 42.5 Å². The molecule has 0 saturated carbocycles. The molecule has 2 atom stereocenters. The molecule has 1 heterocycles. The lowest BCUT2D eigenvalue weighted by Gasteiger charge is -2.31. The van der Waals surface area contributed by atoms with Gasteiger partial charge in [-0.2, -0.15) is 0 Å². The fourth-order valence-electron chi connectivity index (χ4n) is 3.46. The van der Waals surface area contributed by atoms with Gasteiger partial charge >= 0.3 is 0 Å². The molecule has 0 radical (unpaired) electrons. The topological polar surface area (TPSA) is 47.7 Å². The van der Waals surface area contributed by atoms with Crippen LogP contribution in [0.4, 0.5) is 0 Å². The lowest BCUT2D eigenvalue weighted by atomic mass is 9.96. The minimum Gasteiger partial charge on any atom is -0.491 e. The van der Waals surface area contributed by atoms with Gasteiger partial charge in [-0.1, -0.05) is 6.07 Å². The molecule has 0 spiro atoms. The standard InChI is InChI=1S/C18H30N2O2/c1-13-14(2)18(22-11-10-21-4)8-7-17(13)15(3)20-9-5-6-16(20)12-19/h7-8,15-16H,5-6,9-12,19H2,1-4H3/t15-,16?/m1/s1. The zero-order valence-electron chi connectivity index (χ0n) is 14.4. The van der Waals surface area contributed by atoms with Crippen molar-refractivity contribution in [1.29, 1.82) is 0 Å². The highest BCUT2D eigenvalue weighted by Gasteiger charge is 2.29. The Hall–Kier alpha value is -1.10. The second-order valence-corrected chi connectivity index (χ2v) is 6.19. The van der Waals surface area contributed by atoms with Crippen molar-refractivity contribution in [3.8, 4) is 5.75 Å². The van der Waals surface area contributed by atoms with E-state index in [1.807, 2.05) is 0 Å². The monoisotopic (exact) mass is 306 g/mol. The van der Waals surface area contributed by atoms with E-state index in [0.29, 0.717) is 25.3 Å². The highest BCUT2D eigenvalue weighted by atomic mass is 16.5. The van der Waals surface area contributed by atoms with E-state index in [2.05, 4.69) is 37.8 Å². The van der Waals surface area contributed by atoms with Crippen molar-refractivity contribution in [2.75, 3.05) is 33.4 Å². The molecule has 0 aliphatic carbocycles. The van der Waals surface area contributed by atoms with Crippen LogP contribution in [-0.2, 0) is 4.74 Å². The second-order valence-electron chi connectivity index (χ2n) is 6.19. The molecule has 124 valence electrons. The van der Waals surface area contributed by atoms with Gasteiger partial charge in [-0.15, -0.1) is 0 Å². The summed E-state index contributed by atoms with van der Waals surface area (Å²) in [5.74, 6) is 0.960. The van der Waals surface area contributed by atoms with Gasteiger partial charge in [0.15, 0.2) is 0 Å². The molecule has 1 aromatic rings. The van der Waals surface area contributed by atoms with Gasteiger partial charge < -0.3 is 15.2 Å². The van der Waals surface area contributed by atoms with Crippen LogP contribution in [0, 0.1) is 13.8 Å². The van der Waals surface area contributed by atoms with Crippen molar-refractivity contribution in [3.05, 3.63) is 28.8 Å². The van der Waals surface area contributed by atoms with Crippen LogP contribution in [-0.4, -0.2) is 44.4 Å². The third kappa shape index (κ3) is 3.62. The second kappa shape index (κ2) is 7.95. The number of hydrogen-bond donors (Lipinski definition) is 1. The molecular formula is C18H30N2O2. The Balaban J connectivity index is 2.16. The van der Waals surface area contributed by atoms with Crippen molar-refractivity contribution in [2.24, 2.45) is 5.73 Å². The number of hydrogen-bond acceptors (Lipinski definition) is 4. The quantitative estimate of drug-likeness (QED) is 0.787. The SMILES string of the molecule is COCCOc1ccc([C@@H](C)N2CCCC2CN)c(C)c1C. The fraction of sp³-hybridized carbons (Fsp3) is 0.667. The van der Waals surface area contributed by atoms with Gasteiger partial charge in [0.2, 0.25) is 0 Å². The number of methoxy groups -OCH3 is 1. The predicted molar refractivity (Wildman–Crippen MR) is 90.5 cm³/mol. The molecule has 4 heteroatoms. The molecule has 1 fully saturated rings. The molecule has 22 heavy (non-hydrogen) atoms. The Kier molecular flexibility index (Phi) is 6.24. The van der Waals surface area contributed by atoms with E-state index in [9.17, 15) is 0 Å². The van der Waals surface area contributed by atoms with Gasteiger partial charge in [-0.3, -0.25) is 4.90 Å². The molecule has 1 aromatic carbocycles. The summed E-state index contributed by atoms with van der Waals surface area (Å²) in [5.41, 5.74) is 9.86. The summed E-state index contributed by atoms with van der Waals surface area (Å²) in [6, 6.07) is 5.23. The minimum absolute atomic E-state index is 0.405. The van der Waals surface area contributed by atoms with Crippen LogP contribution in [0.15, 0.2) is 12.1 Å².